The zero-order valence-electron chi connectivity index (χ0n) is 28.4. The maximum absolute atomic E-state index is 14.2. The summed E-state index contributed by atoms with van der Waals surface area (Å²) in [6, 6.07) is 8.78. The van der Waals surface area contributed by atoms with Crippen molar-refractivity contribution in [1.29, 1.82) is 0 Å². The molecule has 1 saturated heterocycles. The lowest BCUT2D eigenvalue weighted by atomic mass is 9.72. The third-order valence-corrected chi connectivity index (χ3v) is 8.98. The largest absolute Gasteiger partial charge is 0.481 e. The molecule has 2 fully saturated rings. The highest BCUT2D eigenvalue weighted by Crippen LogP contribution is 2.50. The molecular weight excluding hydrogens is 554 g/mol. The molecule has 1 aromatic carbocycles. The topological polar surface area (TPSA) is 90.0 Å². The second-order valence-corrected chi connectivity index (χ2v) is 14.7. The molecule has 8 heteroatoms. The van der Waals surface area contributed by atoms with Gasteiger partial charge in [0.15, 0.2) is 0 Å². The Kier molecular flexibility index (Phi) is 10.3. The van der Waals surface area contributed by atoms with Crippen molar-refractivity contribution in [3.63, 3.8) is 0 Å². The summed E-state index contributed by atoms with van der Waals surface area (Å²) in [5.41, 5.74) is 3.19. The van der Waals surface area contributed by atoms with Gasteiger partial charge in [0.1, 0.15) is 11.6 Å². The van der Waals surface area contributed by atoms with Crippen molar-refractivity contribution in [2.75, 3.05) is 13.7 Å². The van der Waals surface area contributed by atoms with Crippen LogP contribution in [-0.2, 0) is 20.8 Å². The molecule has 0 bridgehead atoms. The van der Waals surface area contributed by atoms with Crippen molar-refractivity contribution in [2.24, 2.45) is 11.3 Å². The summed E-state index contributed by atoms with van der Waals surface area (Å²) in [4.78, 5) is 34.5. The van der Waals surface area contributed by atoms with Gasteiger partial charge in [-0.1, -0.05) is 65.3 Å². The van der Waals surface area contributed by atoms with E-state index in [1.807, 2.05) is 39.1 Å². The number of methoxy groups -OCH3 is 1. The first-order chi connectivity index (χ1) is 20.7. The number of carbonyl (C=O) groups excluding carboxylic acids is 2. The van der Waals surface area contributed by atoms with Crippen molar-refractivity contribution in [2.45, 2.75) is 124 Å². The van der Waals surface area contributed by atoms with Crippen molar-refractivity contribution < 1.29 is 23.8 Å². The van der Waals surface area contributed by atoms with Crippen LogP contribution in [0.15, 0.2) is 36.5 Å². The van der Waals surface area contributed by atoms with E-state index in [1.54, 1.807) is 18.9 Å². The standard InChI is InChI=1S/C36H53N3O5/c1-11-43-33(40)31-28(35(4,5)6)29(37-21-25-19-24(23-15-14-16-23)20-38-32(25)42-10)30(39(31)34(41)44-36(7,8)9)27-18-13-12-17-26(27)22(2)3/h12-13,17-20,22-23,28-31,37H,11,14-16,21H2,1-10H3/t28-,29-,30-,31-/m0/s1. The Labute approximate surface area is 264 Å². The number of hydrogen-bond acceptors (Lipinski definition) is 7. The second-order valence-electron chi connectivity index (χ2n) is 14.7. The number of benzene rings is 1. The molecule has 1 aliphatic heterocycles. The van der Waals surface area contributed by atoms with E-state index in [2.05, 4.69) is 63.1 Å². The summed E-state index contributed by atoms with van der Waals surface area (Å²) < 4.78 is 17.4. The fraction of sp³-hybridized carbons (Fsp3) is 0.639. The minimum atomic E-state index is -0.853. The Balaban J connectivity index is 1.89. The molecule has 0 spiro atoms. The molecule has 0 unspecified atom stereocenters. The van der Waals surface area contributed by atoms with Gasteiger partial charge < -0.3 is 19.5 Å². The molecule has 4 rings (SSSR count). The Morgan fingerprint density at radius 3 is 2.32 bits per heavy atom. The van der Waals surface area contributed by atoms with Gasteiger partial charge in [-0.25, -0.2) is 14.6 Å². The van der Waals surface area contributed by atoms with Crippen LogP contribution in [0.5, 0.6) is 5.88 Å². The van der Waals surface area contributed by atoms with Crippen molar-refractivity contribution in [3.05, 3.63) is 58.8 Å². The first kappa shape index (κ1) is 33.8. The third-order valence-electron chi connectivity index (χ3n) is 8.98. The number of rotatable bonds is 9. The van der Waals surface area contributed by atoms with Crippen LogP contribution < -0.4 is 10.1 Å². The van der Waals surface area contributed by atoms with Gasteiger partial charge in [0.2, 0.25) is 5.88 Å². The molecule has 0 radical (unpaired) electrons. The summed E-state index contributed by atoms with van der Waals surface area (Å²) in [5, 5.41) is 3.84. The number of hydrogen-bond donors (Lipinski definition) is 1. The number of amides is 1. The van der Waals surface area contributed by atoms with Gasteiger partial charge in [-0.05, 0) is 80.5 Å². The number of aromatic nitrogens is 1. The number of pyridine rings is 1. The number of ether oxygens (including phenoxy) is 3. The number of nitrogens with zero attached hydrogens (tertiary/aromatic N) is 2. The number of carbonyl (C=O) groups is 2. The highest BCUT2D eigenvalue weighted by Gasteiger charge is 2.59. The van der Waals surface area contributed by atoms with E-state index < -0.39 is 29.7 Å². The van der Waals surface area contributed by atoms with Crippen LogP contribution >= 0.6 is 0 Å². The minimum absolute atomic E-state index is 0.200. The molecule has 4 atom stereocenters. The molecule has 2 heterocycles. The second kappa shape index (κ2) is 13.5. The Morgan fingerprint density at radius 2 is 1.77 bits per heavy atom. The Bertz CT molecular complexity index is 1310. The number of nitrogens with one attached hydrogen (secondary N) is 1. The minimum Gasteiger partial charge on any atom is -0.481 e. The maximum atomic E-state index is 14.2. The van der Waals surface area contributed by atoms with Crippen molar-refractivity contribution >= 4 is 12.1 Å². The molecule has 1 aliphatic carbocycles. The first-order valence-electron chi connectivity index (χ1n) is 16.2. The zero-order valence-corrected chi connectivity index (χ0v) is 28.4. The SMILES string of the molecule is CCOC(=O)[C@@H]1[C@@H](C(C)(C)C)[C@H](NCc2cc(C3CCC3)cnc2OC)[C@H](c2ccccc2C(C)C)N1C(=O)OC(C)(C)C. The van der Waals surface area contributed by atoms with E-state index in [0.29, 0.717) is 18.3 Å². The Hall–Kier alpha value is -3.13. The van der Waals surface area contributed by atoms with Crippen molar-refractivity contribution in [3.8, 4) is 5.88 Å². The molecule has 1 N–H and O–H groups in total. The summed E-state index contributed by atoms with van der Waals surface area (Å²) >= 11 is 0. The van der Waals surface area contributed by atoms with E-state index in [0.717, 1.165) is 16.7 Å². The van der Waals surface area contributed by atoms with Crippen LogP contribution in [0.1, 0.15) is 122 Å². The molecule has 242 valence electrons. The maximum Gasteiger partial charge on any atom is 0.411 e. The monoisotopic (exact) mass is 607 g/mol. The van der Waals surface area contributed by atoms with Crippen LogP contribution in [-0.4, -0.2) is 53.3 Å². The lowest BCUT2D eigenvalue weighted by molar-refractivity contribution is -0.151. The summed E-state index contributed by atoms with van der Waals surface area (Å²) in [7, 11) is 1.64. The zero-order chi connectivity index (χ0) is 32.4. The van der Waals surface area contributed by atoms with Crippen LogP contribution in [0.3, 0.4) is 0 Å². The third kappa shape index (κ3) is 7.22. The average molecular weight is 608 g/mol. The average Bonchev–Trinajstić information content (AvgIpc) is 3.26. The molecule has 2 aliphatic rings. The molecule has 44 heavy (non-hydrogen) atoms. The smallest absolute Gasteiger partial charge is 0.411 e. The predicted octanol–water partition coefficient (Wildman–Crippen LogP) is 7.53. The van der Waals surface area contributed by atoms with Gasteiger partial charge in [-0.15, -0.1) is 0 Å². The molecule has 2 aromatic rings. The predicted molar refractivity (Wildman–Crippen MR) is 173 cm³/mol. The van der Waals surface area contributed by atoms with Crippen LogP contribution in [0.2, 0.25) is 0 Å². The lowest BCUT2D eigenvalue weighted by Gasteiger charge is -2.36. The number of likely N-dealkylation sites (tertiary alicyclic amines) is 1. The quantitative estimate of drug-likeness (QED) is 0.295. The molecule has 8 nitrogen and oxygen atoms in total. The summed E-state index contributed by atoms with van der Waals surface area (Å²) in [5.74, 6) is 0.595. The van der Waals surface area contributed by atoms with E-state index in [4.69, 9.17) is 14.2 Å². The van der Waals surface area contributed by atoms with Gasteiger partial charge in [0, 0.05) is 30.3 Å². The highest BCUT2D eigenvalue weighted by molar-refractivity contribution is 5.84. The van der Waals surface area contributed by atoms with Crippen LogP contribution in [0.25, 0.3) is 0 Å². The molecular formula is C36H53N3O5. The van der Waals surface area contributed by atoms with Crippen molar-refractivity contribution in [1.82, 2.24) is 15.2 Å². The highest BCUT2D eigenvalue weighted by atomic mass is 16.6. The summed E-state index contributed by atoms with van der Waals surface area (Å²) in [6.07, 6.45) is 5.00. The van der Waals surface area contributed by atoms with Gasteiger partial charge in [0.25, 0.3) is 0 Å². The lowest BCUT2D eigenvalue weighted by Crippen LogP contribution is -2.49. The van der Waals surface area contributed by atoms with Crippen LogP contribution in [0, 0.1) is 11.3 Å². The van der Waals surface area contributed by atoms with Gasteiger partial charge in [-0.3, -0.25) is 4.90 Å². The molecule has 1 aromatic heterocycles. The van der Waals surface area contributed by atoms with E-state index in [9.17, 15) is 9.59 Å². The molecule has 1 saturated carbocycles. The molecule has 1 amide bonds. The normalized spacial score (nSPS) is 22.6. The van der Waals surface area contributed by atoms with Gasteiger partial charge in [0.05, 0.1) is 19.8 Å². The number of esters is 1. The van der Waals surface area contributed by atoms with E-state index in [1.165, 1.54) is 24.8 Å². The fourth-order valence-electron chi connectivity index (χ4n) is 6.86. The fourth-order valence-corrected chi connectivity index (χ4v) is 6.86. The van der Waals surface area contributed by atoms with E-state index in [-0.39, 0.29) is 29.9 Å². The Morgan fingerprint density at radius 1 is 1.09 bits per heavy atom. The summed E-state index contributed by atoms with van der Waals surface area (Å²) in [6.45, 7) is 18.7. The van der Waals surface area contributed by atoms with Crippen LogP contribution in [0.4, 0.5) is 4.79 Å². The van der Waals surface area contributed by atoms with Gasteiger partial charge >= 0.3 is 12.1 Å². The van der Waals surface area contributed by atoms with E-state index >= 15 is 0 Å². The van der Waals surface area contributed by atoms with Gasteiger partial charge in [-0.2, -0.15) is 0 Å². The first-order valence-corrected chi connectivity index (χ1v) is 16.2.